The normalized spacial score (nSPS) is 14.9. The van der Waals surface area contributed by atoms with Crippen molar-refractivity contribution in [2.24, 2.45) is 11.7 Å². The zero-order valence-electron chi connectivity index (χ0n) is 9.92. The third-order valence-corrected chi connectivity index (χ3v) is 2.71. The molecule has 0 fully saturated rings. The summed E-state index contributed by atoms with van der Waals surface area (Å²) >= 11 is 0. The van der Waals surface area contributed by atoms with Crippen molar-refractivity contribution in [3.63, 3.8) is 0 Å². The van der Waals surface area contributed by atoms with Crippen LogP contribution in [0.2, 0.25) is 0 Å². The lowest BCUT2D eigenvalue weighted by atomic mass is 10.1. The maximum absolute atomic E-state index is 11.8. The Labute approximate surface area is 87.6 Å². The lowest BCUT2D eigenvalue weighted by Gasteiger charge is -2.28. The van der Waals surface area contributed by atoms with E-state index >= 15 is 0 Å². The van der Waals surface area contributed by atoms with Gasteiger partial charge in [0.15, 0.2) is 0 Å². The molecule has 0 aromatic rings. The SMILES string of the molecule is CCC(C)N(CC)C(=O)CC(C)CN. The summed E-state index contributed by atoms with van der Waals surface area (Å²) in [6.45, 7) is 9.62. The number of amides is 1. The van der Waals surface area contributed by atoms with E-state index in [9.17, 15) is 4.79 Å². The number of rotatable bonds is 6. The number of hydrogen-bond donors (Lipinski definition) is 1. The molecule has 0 radical (unpaired) electrons. The third kappa shape index (κ3) is 4.09. The second kappa shape index (κ2) is 6.82. The molecule has 2 atom stereocenters. The number of nitrogens with zero attached hydrogens (tertiary/aromatic N) is 1. The van der Waals surface area contributed by atoms with Gasteiger partial charge in [-0.3, -0.25) is 4.79 Å². The molecule has 1 amide bonds. The highest BCUT2D eigenvalue weighted by Gasteiger charge is 2.18. The van der Waals surface area contributed by atoms with Gasteiger partial charge in [-0.2, -0.15) is 0 Å². The fraction of sp³-hybridized carbons (Fsp3) is 0.909. The first-order valence-electron chi connectivity index (χ1n) is 5.56. The first-order valence-corrected chi connectivity index (χ1v) is 5.56. The van der Waals surface area contributed by atoms with Crippen LogP contribution < -0.4 is 5.73 Å². The zero-order valence-corrected chi connectivity index (χ0v) is 9.92. The molecule has 0 aromatic heterocycles. The topological polar surface area (TPSA) is 46.3 Å². The van der Waals surface area contributed by atoms with Gasteiger partial charge in [0.25, 0.3) is 0 Å². The van der Waals surface area contributed by atoms with E-state index in [1.807, 2.05) is 18.7 Å². The van der Waals surface area contributed by atoms with Gasteiger partial charge in [0.05, 0.1) is 0 Å². The molecule has 0 bridgehead atoms. The van der Waals surface area contributed by atoms with Crippen LogP contribution in [0.3, 0.4) is 0 Å². The van der Waals surface area contributed by atoms with Gasteiger partial charge in [-0.25, -0.2) is 0 Å². The van der Waals surface area contributed by atoms with Gasteiger partial charge >= 0.3 is 0 Å². The van der Waals surface area contributed by atoms with Crippen LogP contribution in [0.1, 0.15) is 40.5 Å². The lowest BCUT2D eigenvalue weighted by molar-refractivity contribution is -0.133. The van der Waals surface area contributed by atoms with Crippen LogP contribution in [0.25, 0.3) is 0 Å². The van der Waals surface area contributed by atoms with Gasteiger partial charge < -0.3 is 10.6 Å². The highest BCUT2D eigenvalue weighted by Crippen LogP contribution is 2.09. The van der Waals surface area contributed by atoms with Crippen molar-refractivity contribution in [2.45, 2.75) is 46.6 Å². The predicted molar refractivity (Wildman–Crippen MR) is 60.0 cm³/mol. The van der Waals surface area contributed by atoms with Crippen molar-refractivity contribution < 1.29 is 4.79 Å². The van der Waals surface area contributed by atoms with Gasteiger partial charge in [0, 0.05) is 19.0 Å². The molecule has 0 aliphatic heterocycles. The highest BCUT2D eigenvalue weighted by molar-refractivity contribution is 5.76. The molecule has 3 nitrogen and oxygen atoms in total. The summed E-state index contributed by atoms with van der Waals surface area (Å²) in [4.78, 5) is 13.8. The van der Waals surface area contributed by atoms with Crippen LogP contribution in [0.15, 0.2) is 0 Å². The van der Waals surface area contributed by atoms with Gasteiger partial charge in [0.2, 0.25) is 5.91 Å². The fourth-order valence-electron chi connectivity index (χ4n) is 1.45. The van der Waals surface area contributed by atoms with Crippen LogP contribution in [-0.4, -0.2) is 29.9 Å². The molecule has 0 spiro atoms. The maximum atomic E-state index is 11.8. The number of carbonyl (C=O) groups is 1. The number of nitrogens with two attached hydrogens (primary N) is 1. The number of hydrogen-bond acceptors (Lipinski definition) is 2. The zero-order chi connectivity index (χ0) is 11.1. The Morgan fingerprint density at radius 1 is 1.36 bits per heavy atom. The molecule has 84 valence electrons. The average molecular weight is 200 g/mol. The minimum atomic E-state index is 0.236. The molecule has 0 aliphatic carbocycles. The molecule has 0 saturated heterocycles. The molecule has 0 heterocycles. The predicted octanol–water partition coefficient (Wildman–Crippen LogP) is 1.62. The summed E-state index contributed by atoms with van der Waals surface area (Å²) in [5, 5.41) is 0. The van der Waals surface area contributed by atoms with Crippen LogP contribution in [-0.2, 0) is 4.79 Å². The summed E-state index contributed by atoms with van der Waals surface area (Å²) in [6, 6.07) is 0.345. The minimum absolute atomic E-state index is 0.236. The van der Waals surface area contributed by atoms with Crippen LogP contribution in [0, 0.1) is 5.92 Å². The molecular weight excluding hydrogens is 176 g/mol. The maximum Gasteiger partial charge on any atom is 0.223 e. The Hall–Kier alpha value is -0.570. The molecule has 0 saturated carbocycles. The van der Waals surface area contributed by atoms with E-state index in [1.165, 1.54) is 0 Å². The Morgan fingerprint density at radius 2 is 1.93 bits per heavy atom. The Kier molecular flexibility index (Phi) is 6.54. The molecule has 14 heavy (non-hydrogen) atoms. The fourth-order valence-corrected chi connectivity index (χ4v) is 1.45. The van der Waals surface area contributed by atoms with E-state index in [4.69, 9.17) is 5.73 Å². The minimum Gasteiger partial charge on any atom is -0.340 e. The summed E-state index contributed by atoms with van der Waals surface area (Å²) in [6.07, 6.45) is 1.59. The molecule has 0 rings (SSSR count). The first-order chi connectivity index (χ1) is 6.56. The van der Waals surface area contributed by atoms with E-state index in [1.54, 1.807) is 0 Å². The van der Waals surface area contributed by atoms with Crippen molar-refractivity contribution in [1.82, 2.24) is 4.90 Å². The summed E-state index contributed by atoms with van der Waals surface area (Å²) in [5.41, 5.74) is 5.50. The van der Waals surface area contributed by atoms with Gasteiger partial charge in [0.1, 0.15) is 0 Å². The first kappa shape index (κ1) is 13.4. The standard InChI is InChI=1S/C11H24N2O/c1-5-10(4)13(6-2)11(14)7-9(3)8-12/h9-10H,5-8,12H2,1-4H3. The van der Waals surface area contributed by atoms with E-state index in [0.717, 1.165) is 13.0 Å². The van der Waals surface area contributed by atoms with Gasteiger partial charge in [-0.15, -0.1) is 0 Å². The molecule has 2 N–H and O–H groups in total. The third-order valence-electron chi connectivity index (χ3n) is 2.71. The highest BCUT2D eigenvalue weighted by atomic mass is 16.2. The Bertz CT molecular complexity index is 171. The monoisotopic (exact) mass is 200 g/mol. The molecule has 2 unspecified atom stereocenters. The Balaban J connectivity index is 4.17. The lowest BCUT2D eigenvalue weighted by Crippen LogP contribution is -2.39. The molecule has 3 heteroatoms. The van der Waals surface area contributed by atoms with E-state index < -0.39 is 0 Å². The summed E-state index contributed by atoms with van der Waals surface area (Å²) < 4.78 is 0. The van der Waals surface area contributed by atoms with Crippen LogP contribution in [0.4, 0.5) is 0 Å². The number of carbonyl (C=O) groups excluding carboxylic acids is 1. The van der Waals surface area contributed by atoms with Crippen molar-refractivity contribution in [2.75, 3.05) is 13.1 Å². The largest absolute Gasteiger partial charge is 0.340 e. The quantitative estimate of drug-likeness (QED) is 0.708. The van der Waals surface area contributed by atoms with Gasteiger partial charge in [-0.05, 0) is 32.7 Å². The van der Waals surface area contributed by atoms with Crippen molar-refractivity contribution >= 4 is 5.91 Å². The summed E-state index contributed by atoms with van der Waals surface area (Å²) in [5.74, 6) is 0.528. The van der Waals surface area contributed by atoms with Gasteiger partial charge in [-0.1, -0.05) is 13.8 Å². The molecule has 0 aromatic carbocycles. The van der Waals surface area contributed by atoms with E-state index in [0.29, 0.717) is 24.9 Å². The average Bonchev–Trinajstić information content (AvgIpc) is 2.18. The van der Waals surface area contributed by atoms with Crippen molar-refractivity contribution in [1.29, 1.82) is 0 Å². The van der Waals surface area contributed by atoms with E-state index in [-0.39, 0.29) is 5.91 Å². The van der Waals surface area contributed by atoms with Crippen molar-refractivity contribution in [3.8, 4) is 0 Å². The van der Waals surface area contributed by atoms with Crippen LogP contribution >= 0.6 is 0 Å². The van der Waals surface area contributed by atoms with E-state index in [2.05, 4.69) is 13.8 Å². The van der Waals surface area contributed by atoms with Crippen LogP contribution in [0.5, 0.6) is 0 Å². The van der Waals surface area contributed by atoms with Crippen molar-refractivity contribution in [3.05, 3.63) is 0 Å². The second-order valence-electron chi connectivity index (χ2n) is 3.98. The Morgan fingerprint density at radius 3 is 2.29 bits per heavy atom. The molecule has 0 aliphatic rings. The smallest absolute Gasteiger partial charge is 0.223 e. The molecular formula is C11H24N2O. The summed E-state index contributed by atoms with van der Waals surface area (Å²) in [7, 11) is 0. The second-order valence-corrected chi connectivity index (χ2v) is 3.98.